The fourth-order valence-corrected chi connectivity index (χ4v) is 3.85. The Morgan fingerprint density at radius 2 is 2.18 bits per heavy atom. The number of rotatable bonds is 6. The molecule has 4 nitrogen and oxygen atoms in total. The van der Waals surface area contributed by atoms with Crippen LogP contribution in [0, 0.1) is 0 Å². The van der Waals surface area contributed by atoms with Gasteiger partial charge in [0.05, 0.1) is 5.02 Å². The number of hydrogen-bond donors (Lipinski definition) is 1. The molecule has 0 amide bonds. The highest BCUT2D eigenvalue weighted by atomic mass is 35.5. The van der Waals surface area contributed by atoms with E-state index in [1.807, 2.05) is 23.9 Å². The van der Waals surface area contributed by atoms with Gasteiger partial charge >= 0.3 is 5.97 Å². The number of carbonyl (C=O) groups is 1. The molecule has 1 N–H and O–H groups in total. The van der Waals surface area contributed by atoms with Crippen LogP contribution >= 0.6 is 23.4 Å². The molecule has 22 heavy (non-hydrogen) atoms. The molecule has 0 spiro atoms. The molecule has 1 heterocycles. The molecule has 1 aliphatic rings. The molecule has 1 aromatic carbocycles. The third-order valence-electron chi connectivity index (χ3n) is 3.89. The van der Waals surface area contributed by atoms with Gasteiger partial charge in [-0.1, -0.05) is 17.7 Å². The van der Waals surface area contributed by atoms with E-state index in [1.165, 1.54) is 31.3 Å². The van der Waals surface area contributed by atoms with Gasteiger partial charge in [0, 0.05) is 12.6 Å². The Kier molecular flexibility index (Phi) is 6.41. The number of halogens is 1. The zero-order valence-corrected chi connectivity index (χ0v) is 14.5. The zero-order valence-electron chi connectivity index (χ0n) is 12.9. The van der Waals surface area contributed by atoms with E-state index in [4.69, 9.17) is 21.4 Å². The van der Waals surface area contributed by atoms with E-state index in [-0.39, 0.29) is 0 Å². The van der Waals surface area contributed by atoms with Gasteiger partial charge in [-0.3, -0.25) is 4.90 Å². The van der Waals surface area contributed by atoms with Crippen molar-refractivity contribution in [2.45, 2.75) is 38.5 Å². The molecular weight excluding hydrogens is 322 g/mol. The Labute approximate surface area is 140 Å². The summed E-state index contributed by atoms with van der Waals surface area (Å²) < 4.78 is 5.33. The molecule has 122 valence electrons. The molecule has 1 saturated heterocycles. The third-order valence-corrected chi connectivity index (χ3v) is 5.24. The Bertz CT molecular complexity index is 520. The quantitative estimate of drug-likeness (QED) is 0.856. The number of ether oxygens (including phenoxy) is 1. The summed E-state index contributed by atoms with van der Waals surface area (Å²) in [4.78, 5) is 13.2. The van der Waals surface area contributed by atoms with E-state index in [1.54, 1.807) is 6.07 Å². The van der Waals surface area contributed by atoms with Crippen molar-refractivity contribution in [3.05, 3.63) is 28.8 Å². The van der Waals surface area contributed by atoms with Crippen LogP contribution in [0.1, 0.15) is 25.3 Å². The van der Waals surface area contributed by atoms with Gasteiger partial charge in [0.25, 0.3) is 0 Å². The minimum absolute atomic E-state index is 0.414. The van der Waals surface area contributed by atoms with E-state index in [2.05, 4.69) is 11.9 Å². The van der Waals surface area contributed by atoms with Gasteiger partial charge in [-0.2, -0.15) is 11.8 Å². The highest BCUT2D eigenvalue weighted by molar-refractivity contribution is 7.99. The predicted octanol–water partition coefficient (Wildman–Crippen LogP) is 3.52. The fraction of sp³-hybridized carbons (Fsp3) is 0.562. The Hall–Kier alpha value is -0.910. The Morgan fingerprint density at radius 3 is 2.77 bits per heavy atom. The fourth-order valence-electron chi connectivity index (χ4n) is 2.52. The van der Waals surface area contributed by atoms with Crippen LogP contribution in [0.5, 0.6) is 5.75 Å². The number of carboxylic acids is 1. The first-order valence-corrected chi connectivity index (χ1v) is 8.96. The third kappa shape index (κ3) is 4.80. The van der Waals surface area contributed by atoms with E-state index in [0.717, 1.165) is 12.1 Å². The lowest BCUT2D eigenvalue weighted by molar-refractivity contribution is -0.144. The topological polar surface area (TPSA) is 49.8 Å². The van der Waals surface area contributed by atoms with Crippen molar-refractivity contribution in [3.8, 4) is 5.75 Å². The predicted molar refractivity (Wildman–Crippen MR) is 91.0 cm³/mol. The van der Waals surface area contributed by atoms with E-state index in [0.29, 0.717) is 16.8 Å². The maximum Gasteiger partial charge on any atom is 0.344 e. The summed E-state index contributed by atoms with van der Waals surface area (Å²) in [6.45, 7) is 2.32. The maximum absolute atomic E-state index is 10.8. The Morgan fingerprint density at radius 1 is 1.50 bits per heavy atom. The summed E-state index contributed by atoms with van der Waals surface area (Å²) in [5, 5.41) is 9.33. The van der Waals surface area contributed by atoms with Gasteiger partial charge in [-0.05, 0) is 56.0 Å². The molecule has 0 saturated carbocycles. The zero-order chi connectivity index (χ0) is 16.1. The number of aliphatic carboxylic acids is 1. The van der Waals surface area contributed by atoms with Gasteiger partial charge in [-0.25, -0.2) is 4.79 Å². The highest BCUT2D eigenvalue weighted by Crippen LogP contribution is 2.28. The van der Waals surface area contributed by atoms with Crippen molar-refractivity contribution in [3.63, 3.8) is 0 Å². The minimum Gasteiger partial charge on any atom is -0.479 e. The van der Waals surface area contributed by atoms with Crippen molar-refractivity contribution in [2.24, 2.45) is 0 Å². The molecule has 6 heteroatoms. The molecular formula is C16H22ClNO3S. The number of benzene rings is 1. The minimum atomic E-state index is -1.00. The largest absolute Gasteiger partial charge is 0.479 e. The van der Waals surface area contributed by atoms with E-state index in [9.17, 15) is 4.79 Å². The SMILES string of the molecule is C[C@H](Oc1ccc(CN(C)C2CCSCC2)cc1Cl)C(=O)O. The van der Waals surface area contributed by atoms with Crippen molar-refractivity contribution >= 4 is 29.3 Å². The first-order chi connectivity index (χ1) is 10.5. The highest BCUT2D eigenvalue weighted by Gasteiger charge is 2.19. The average Bonchev–Trinajstić information content (AvgIpc) is 2.50. The molecule has 1 atom stereocenters. The van der Waals surface area contributed by atoms with Crippen molar-refractivity contribution in [1.29, 1.82) is 0 Å². The summed E-state index contributed by atoms with van der Waals surface area (Å²) >= 11 is 8.23. The van der Waals surface area contributed by atoms with Crippen LogP contribution < -0.4 is 4.74 Å². The number of nitrogens with zero attached hydrogens (tertiary/aromatic N) is 1. The van der Waals surface area contributed by atoms with Gasteiger partial charge in [-0.15, -0.1) is 0 Å². The van der Waals surface area contributed by atoms with Crippen LogP contribution in [0.15, 0.2) is 18.2 Å². The van der Waals surface area contributed by atoms with Crippen molar-refractivity contribution < 1.29 is 14.6 Å². The molecule has 1 aliphatic heterocycles. The van der Waals surface area contributed by atoms with Crippen molar-refractivity contribution in [2.75, 3.05) is 18.6 Å². The van der Waals surface area contributed by atoms with E-state index < -0.39 is 12.1 Å². The van der Waals surface area contributed by atoms with Gasteiger partial charge in [0.1, 0.15) is 5.75 Å². The molecule has 1 fully saturated rings. The smallest absolute Gasteiger partial charge is 0.344 e. The molecule has 2 rings (SSSR count). The maximum atomic E-state index is 10.8. The summed E-state index contributed by atoms with van der Waals surface area (Å²) in [7, 11) is 2.14. The first kappa shape index (κ1) is 17.4. The second kappa shape index (κ2) is 8.09. The monoisotopic (exact) mass is 343 g/mol. The second-order valence-corrected chi connectivity index (χ2v) is 7.25. The average molecular weight is 344 g/mol. The molecule has 0 unspecified atom stereocenters. The van der Waals surface area contributed by atoms with Gasteiger partial charge in [0.15, 0.2) is 6.10 Å². The molecule has 1 aromatic rings. The molecule has 0 bridgehead atoms. The lowest BCUT2D eigenvalue weighted by Gasteiger charge is -2.31. The number of hydrogen-bond acceptors (Lipinski definition) is 4. The van der Waals surface area contributed by atoms with Crippen LogP contribution in [-0.2, 0) is 11.3 Å². The molecule has 0 radical (unpaired) electrons. The van der Waals surface area contributed by atoms with Gasteiger partial charge in [0.2, 0.25) is 0 Å². The summed E-state index contributed by atoms with van der Waals surface area (Å²) in [6, 6.07) is 6.19. The van der Waals surface area contributed by atoms with Crippen LogP contribution in [0.3, 0.4) is 0 Å². The Balaban J connectivity index is 1.97. The van der Waals surface area contributed by atoms with Crippen LogP contribution in [0.4, 0.5) is 0 Å². The van der Waals surface area contributed by atoms with Crippen LogP contribution in [0.25, 0.3) is 0 Å². The van der Waals surface area contributed by atoms with Crippen LogP contribution in [-0.4, -0.2) is 46.7 Å². The van der Waals surface area contributed by atoms with E-state index >= 15 is 0 Å². The van der Waals surface area contributed by atoms with Crippen LogP contribution in [0.2, 0.25) is 5.02 Å². The number of carboxylic acid groups (broad SMARTS) is 1. The second-order valence-electron chi connectivity index (χ2n) is 5.62. The van der Waals surface area contributed by atoms with Gasteiger partial charge < -0.3 is 9.84 Å². The molecule has 0 aromatic heterocycles. The lowest BCUT2D eigenvalue weighted by atomic mass is 10.1. The summed E-state index contributed by atoms with van der Waals surface area (Å²) in [6.07, 6.45) is 1.55. The number of thioether (sulfide) groups is 1. The summed E-state index contributed by atoms with van der Waals surface area (Å²) in [5.41, 5.74) is 1.11. The summed E-state index contributed by atoms with van der Waals surface area (Å²) in [5.74, 6) is 1.87. The first-order valence-electron chi connectivity index (χ1n) is 7.43. The standard InChI is InChI=1S/C16H22ClNO3S/c1-11(16(19)20)21-15-4-3-12(9-14(15)17)10-18(2)13-5-7-22-8-6-13/h3-4,9,11,13H,5-8,10H2,1-2H3,(H,19,20)/t11-/m0/s1. The lowest BCUT2D eigenvalue weighted by Crippen LogP contribution is -2.34. The molecule has 0 aliphatic carbocycles. The normalized spacial score (nSPS) is 17.5. The van der Waals surface area contributed by atoms with Crippen molar-refractivity contribution in [1.82, 2.24) is 4.90 Å².